The number of amides is 3. The molecule has 0 aliphatic carbocycles. The summed E-state index contributed by atoms with van der Waals surface area (Å²) in [7, 11) is 0. The molecule has 2 aliphatic heterocycles. The van der Waals surface area contributed by atoms with Gasteiger partial charge >= 0.3 is 0 Å². The van der Waals surface area contributed by atoms with Crippen molar-refractivity contribution in [2.75, 3.05) is 26.2 Å². The molecule has 1 atom stereocenters. The van der Waals surface area contributed by atoms with Crippen LogP contribution >= 0.6 is 0 Å². The fourth-order valence-electron chi connectivity index (χ4n) is 2.62. The average molecular weight is 269 g/mol. The SMILES string of the molecule is NC(=O)C1CCN(C(=O)C[C@H]2[NH2+]CCNC2=O)CC1. The molecule has 7 nitrogen and oxygen atoms in total. The first kappa shape index (κ1) is 13.8. The number of hydrogen-bond acceptors (Lipinski definition) is 3. The molecule has 0 aromatic carbocycles. The van der Waals surface area contributed by atoms with Crippen molar-refractivity contribution in [1.29, 1.82) is 0 Å². The van der Waals surface area contributed by atoms with E-state index in [0.717, 1.165) is 6.54 Å². The van der Waals surface area contributed by atoms with Gasteiger partial charge in [-0.15, -0.1) is 0 Å². The van der Waals surface area contributed by atoms with Gasteiger partial charge in [-0.25, -0.2) is 0 Å². The molecule has 2 rings (SSSR count). The lowest BCUT2D eigenvalue weighted by molar-refractivity contribution is -0.678. The molecule has 0 spiro atoms. The number of piperidine rings is 1. The summed E-state index contributed by atoms with van der Waals surface area (Å²) >= 11 is 0. The number of carbonyl (C=O) groups is 3. The Morgan fingerprint density at radius 3 is 2.63 bits per heavy atom. The Morgan fingerprint density at radius 1 is 1.37 bits per heavy atom. The third-order valence-corrected chi connectivity index (χ3v) is 3.88. The van der Waals surface area contributed by atoms with E-state index in [9.17, 15) is 14.4 Å². The highest BCUT2D eigenvalue weighted by Gasteiger charge is 2.32. The number of nitrogens with zero attached hydrogens (tertiary/aromatic N) is 1. The number of carbonyl (C=O) groups excluding carboxylic acids is 3. The van der Waals surface area contributed by atoms with E-state index in [1.165, 1.54) is 0 Å². The van der Waals surface area contributed by atoms with Gasteiger partial charge in [-0.3, -0.25) is 14.4 Å². The van der Waals surface area contributed by atoms with Crippen molar-refractivity contribution in [2.24, 2.45) is 11.7 Å². The molecule has 0 aromatic heterocycles. The lowest BCUT2D eigenvalue weighted by Crippen LogP contribution is -2.96. The monoisotopic (exact) mass is 269 g/mol. The maximum absolute atomic E-state index is 12.1. The second-order valence-electron chi connectivity index (χ2n) is 5.18. The maximum Gasteiger partial charge on any atom is 0.278 e. The second-order valence-corrected chi connectivity index (χ2v) is 5.18. The summed E-state index contributed by atoms with van der Waals surface area (Å²) in [5.41, 5.74) is 5.26. The van der Waals surface area contributed by atoms with Gasteiger partial charge < -0.3 is 21.3 Å². The summed E-state index contributed by atoms with van der Waals surface area (Å²) in [6, 6.07) is -0.310. The van der Waals surface area contributed by atoms with Gasteiger partial charge in [-0.05, 0) is 12.8 Å². The van der Waals surface area contributed by atoms with Gasteiger partial charge in [0.2, 0.25) is 11.8 Å². The van der Waals surface area contributed by atoms with Crippen molar-refractivity contribution in [2.45, 2.75) is 25.3 Å². The van der Waals surface area contributed by atoms with Crippen LogP contribution < -0.4 is 16.4 Å². The van der Waals surface area contributed by atoms with Crippen LogP contribution in [0, 0.1) is 5.92 Å². The molecule has 0 bridgehead atoms. The van der Waals surface area contributed by atoms with E-state index in [2.05, 4.69) is 5.32 Å². The normalized spacial score (nSPS) is 24.9. The number of piperazine rings is 1. The molecule has 0 radical (unpaired) electrons. The Balaban J connectivity index is 1.81. The molecule has 0 saturated carbocycles. The summed E-state index contributed by atoms with van der Waals surface area (Å²) < 4.78 is 0. The van der Waals surface area contributed by atoms with Crippen LogP contribution in [0.5, 0.6) is 0 Å². The zero-order valence-electron chi connectivity index (χ0n) is 10.9. The number of likely N-dealkylation sites (tertiary alicyclic amines) is 1. The fourth-order valence-corrected chi connectivity index (χ4v) is 2.62. The minimum Gasteiger partial charge on any atom is -0.369 e. The Kier molecular flexibility index (Phi) is 4.36. The van der Waals surface area contributed by atoms with Crippen molar-refractivity contribution in [3.05, 3.63) is 0 Å². The minimum atomic E-state index is -0.310. The number of primary amides is 1. The summed E-state index contributed by atoms with van der Waals surface area (Å²) in [6.45, 7) is 2.59. The summed E-state index contributed by atoms with van der Waals surface area (Å²) in [5, 5.41) is 4.67. The first-order chi connectivity index (χ1) is 9.08. The molecule has 0 unspecified atom stereocenters. The number of rotatable bonds is 3. The maximum atomic E-state index is 12.1. The molecule has 3 amide bonds. The standard InChI is InChI=1S/C12H20N4O3/c13-11(18)8-1-5-16(6-2-8)10(17)7-9-12(19)15-4-3-14-9/h8-9,14H,1-7H2,(H2,13,18)(H,15,19)/p+1/t9-/m1/s1. The molecule has 7 heteroatoms. The van der Waals surface area contributed by atoms with Gasteiger partial charge in [0.05, 0.1) is 19.5 Å². The number of nitrogens with one attached hydrogen (secondary N) is 1. The van der Waals surface area contributed by atoms with Gasteiger partial charge in [0.15, 0.2) is 6.04 Å². The molecule has 0 aromatic rings. The zero-order chi connectivity index (χ0) is 13.8. The van der Waals surface area contributed by atoms with Crippen LogP contribution in [0.15, 0.2) is 0 Å². The number of nitrogens with two attached hydrogens (primary N) is 2. The highest BCUT2D eigenvalue weighted by Crippen LogP contribution is 2.17. The average Bonchev–Trinajstić information content (AvgIpc) is 2.41. The van der Waals surface area contributed by atoms with E-state index in [0.29, 0.717) is 32.5 Å². The van der Waals surface area contributed by atoms with E-state index >= 15 is 0 Å². The van der Waals surface area contributed by atoms with Crippen molar-refractivity contribution in [1.82, 2.24) is 10.2 Å². The first-order valence-electron chi connectivity index (χ1n) is 6.76. The summed E-state index contributed by atoms with van der Waals surface area (Å²) in [6.07, 6.45) is 1.48. The number of hydrogen-bond donors (Lipinski definition) is 3. The first-order valence-corrected chi connectivity index (χ1v) is 6.76. The van der Waals surface area contributed by atoms with E-state index in [-0.39, 0.29) is 36.1 Å². The van der Waals surface area contributed by atoms with Crippen molar-refractivity contribution in [3.63, 3.8) is 0 Å². The van der Waals surface area contributed by atoms with Crippen LogP contribution in [0.1, 0.15) is 19.3 Å². The van der Waals surface area contributed by atoms with E-state index in [4.69, 9.17) is 5.73 Å². The third kappa shape index (κ3) is 3.44. The van der Waals surface area contributed by atoms with E-state index in [1.807, 2.05) is 5.32 Å². The molecule has 2 aliphatic rings. The molecule has 2 fully saturated rings. The van der Waals surface area contributed by atoms with Crippen LogP contribution in [0.4, 0.5) is 0 Å². The van der Waals surface area contributed by atoms with Gasteiger partial charge in [0.1, 0.15) is 0 Å². The third-order valence-electron chi connectivity index (χ3n) is 3.88. The molecular formula is C12H21N4O3+. The molecule has 2 saturated heterocycles. The molecular weight excluding hydrogens is 248 g/mol. The topological polar surface area (TPSA) is 109 Å². The van der Waals surface area contributed by atoms with Crippen molar-refractivity contribution >= 4 is 17.7 Å². The second kappa shape index (κ2) is 6.01. The Bertz CT molecular complexity index is 377. The zero-order valence-corrected chi connectivity index (χ0v) is 10.9. The molecule has 106 valence electrons. The van der Waals surface area contributed by atoms with Gasteiger partial charge in [-0.2, -0.15) is 0 Å². The van der Waals surface area contributed by atoms with Crippen LogP contribution in [-0.2, 0) is 14.4 Å². The highest BCUT2D eigenvalue weighted by atomic mass is 16.2. The largest absolute Gasteiger partial charge is 0.369 e. The summed E-state index contributed by atoms with van der Waals surface area (Å²) in [5.74, 6) is -0.478. The van der Waals surface area contributed by atoms with Crippen LogP contribution in [0.2, 0.25) is 0 Å². The minimum absolute atomic E-state index is 0.0128. The molecule has 5 N–H and O–H groups in total. The van der Waals surface area contributed by atoms with Crippen molar-refractivity contribution < 1.29 is 19.7 Å². The van der Waals surface area contributed by atoms with Crippen LogP contribution in [0.3, 0.4) is 0 Å². The van der Waals surface area contributed by atoms with Gasteiger partial charge in [0, 0.05) is 19.0 Å². The number of quaternary nitrogens is 1. The van der Waals surface area contributed by atoms with Crippen molar-refractivity contribution in [3.8, 4) is 0 Å². The van der Waals surface area contributed by atoms with Gasteiger partial charge in [0.25, 0.3) is 5.91 Å². The Labute approximate surface area is 111 Å². The van der Waals surface area contributed by atoms with Gasteiger partial charge in [-0.1, -0.05) is 0 Å². The Hall–Kier alpha value is -1.63. The van der Waals surface area contributed by atoms with E-state index < -0.39 is 0 Å². The van der Waals surface area contributed by atoms with E-state index in [1.54, 1.807) is 4.90 Å². The van der Waals surface area contributed by atoms with Crippen LogP contribution in [-0.4, -0.2) is 54.8 Å². The summed E-state index contributed by atoms with van der Waals surface area (Å²) in [4.78, 5) is 36.5. The predicted octanol–water partition coefficient (Wildman–Crippen LogP) is -2.84. The van der Waals surface area contributed by atoms with Crippen LogP contribution in [0.25, 0.3) is 0 Å². The lowest BCUT2D eigenvalue weighted by atomic mass is 9.96. The highest BCUT2D eigenvalue weighted by molar-refractivity contribution is 5.87. The molecule has 19 heavy (non-hydrogen) atoms. The Morgan fingerprint density at radius 2 is 2.05 bits per heavy atom. The quantitative estimate of drug-likeness (QED) is 0.513. The lowest BCUT2D eigenvalue weighted by Gasteiger charge is -2.31. The smallest absolute Gasteiger partial charge is 0.278 e. The fraction of sp³-hybridized carbons (Fsp3) is 0.750. The predicted molar refractivity (Wildman–Crippen MR) is 66.7 cm³/mol. The molecule has 2 heterocycles.